The number of nitro groups is 1. The van der Waals surface area contributed by atoms with Gasteiger partial charge in [-0.05, 0) is 18.4 Å². The summed E-state index contributed by atoms with van der Waals surface area (Å²) < 4.78 is 0. The lowest BCUT2D eigenvalue weighted by Gasteiger charge is -2.32. The molecule has 0 atom stereocenters. The summed E-state index contributed by atoms with van der Waals surface area (Å²) in [6, 6.07) is 5.74. The maximum absolute atomic E-state index is 11.8. The second kappa shape index (κ2) is 7.22. The van der Waals surface area contributed by atoms with Crippen LogP contribution in [0.15, 0.2) is 24.3 Å². The predicted molar refractivity (Wildman–Crippen MR) is 81.4 cm³/mol. The zero-order chi connectivity index (χ0) is 16.0. The Labute approximate surface area is 128 Å². The van der Waals surface area contributed by atoms with Crippen molar-refractivity contribution in [2.75, 3.05) is 6.54 Å². The standard InChI is InChI=1S/C15H21N3O4/c19-14(17-11-15(20)7-2-1-3-8-15)16-10-12-5-4-6-13(9-12)18(21)22/h4-6,9,20H,1-3,7-8,10-11H2,(H2,16,17,19). The summed E-state index contributed by atoms with van der Waals surface area (Å²) in [6.07, 6.45) is 4.50. The lowest BCUT2D eigenvalue weighted by molar-refractivity contribution is -0.384. The Balaban J connectivity index is 1.78. The summed E-state index contributed by atoms with van der Waals surface area (Å²) in [5.41, 5.74) is -0.154. The molecule has 1 aliphatic carbocycles. The van der Waals surface area contributed by atoms with E-state index in [-0.39, 0.29) is 24.8 Å². The molecule has 22 heavy (non-hydrogen) atoms. The third-order valence-electron chi connectivity index (χ3n) is 3.94. The molecule has 1 aromatic carbocycles. The zero-order valence-corrected chi connectivity index (χ0v) is 12.4. The van der Waals surface area contributed by atoms with E-state index >= 15 is 0 Å². The molecule has 120 valence electrons. The molecule has 2 rings (SSSR count). The van der Waals surface area contributed by atoms with Gasteiger partial charge in [-0.1, -0.05) is 31.4 Å². The number of rotatable bonds is 5. The van der Waals surface area contributed by atoms with Gasteiger partial charge in [0, 0.05) is 25.2 Å². The number of nitrogens with one attached hydrogen (secondary N) is 2. The number of carbonyl (C=O) groups excluding carboxylic acids is 1. The van der Waals surface area contributed by atoms with Crippen LogP contribution in [-0.2, 0) is 6.54 Å². The highest BCUT2D eigenvalue weighted by molar-refractivity contribution is 5.73. The van der Waals surface area contributed by atoms with Gasteiger partial charge < -0.3 is 15.7 Å². The first-order valence-electron chi connectivity index (χ1n) is 7.46. The largest absolute Gasteiger partial charge is 0.388 e. The fourth-order valence-corrected chi connectivity index (χ4v) is 2.66. The molecular weight excluding hydrogens is 286 g/mol. The second-order valence-electron chi connectivity index (χ2n) is 5.75. The van der Waals surface area contributed by atoms with Gasteiger partial charge in [-0.3, -0.25) is 10.1 Å². The first kappa shape index (κ1) is 16.2. The van der Waals surface area contributed by atoms with Gasteiger partial charge in [0.1, 0.15) is 0 Å². The lowest BCUT2D eigenvalue weighted by Crippen LogP contribution is -2.47. The summed E-state index contributed by atoms with van der Waals surface area (Å²) in [5, 5.41) is 26.3. The van der Waals surface area contributed by atoms with E-state index in [1.165, 1.54) is 12.1 Å². The number of hydrogen-bond acceptors (Lipinski definition) is 4. The van der Waals surface area contributed by atoms with Crippen LogP contribution in [0.25, 0.3) is 0 Å². The highest BCUT2D eigenvalue weighted by Gasteiger charge is 2.29. The van der Waals surface area contributed by atoms with Gasteiger partial charge in [-0.25, -0.2) is 4.79 Å². The van der Waals surface area contributed by atoms with Crippen molar-refractivity contribution in [3.05, 3.63) is 39.9 Å². The number of carbonyl (C=O) groups is 1. The van der Waals surface area contributed by atoms with E-state index in [1.807, 2.05) is 0 Å². The number of hydrogen-bond donors (Lipinski definition) is 3. The van der Waals surface area contributed by atoms with Crippen LogP contribution >= 0.6 is 0 Å². The van der Waals surface area contributed by atoms with Crippen LogP contribution in [0.1, 0.15) is 37.7 Å². The lowest BCUT2D eigenvalue weighted by atomic mass is 9.85. The van der Waals surface area contributed by atoms with E-state index in [2.05, 4.69) is 10.6 Å². The molecular formula is C15H21N3O4. The van der Waals surface area contributed by atoms with E-state index in [9.17, 15) is 20.0 Å². The molecule has 0 spiro atoms. The molecule has 1 aliphatic rings. The van der Waals surface area contributed by atoms with Gasteiger partial charge in [0.25, 0.3) is 5.69 Å². The molecule has 3 N–H and O–H groups in total. The molecule has 7 heteroatoms. The van der Waals surface area contributed by atoms with Crippen molar-refractivity contribution >= 4 is 11.7 Å². The first-order valence-corrected chi connectivity index (χ1v) is 7.46. The van der Waals surface area contributed by atoms with E-state index < -0.39 is 10.5 Å². The molecule has 0 aliphatic heterocycles. The third kappa shape index (κ3) is 4.70. The van der Waals surface area contributed by atoms with Crippen molar-refractivity contribution in [1.82, 2.24) is 10.6 Å². The van der Waals surface area contributed by atoms with Crippen LogP contribution in [0.4, 0.5) is 10.5 Å². The minimum Gasteiger partial charge on any atom is -0.388 e. The molecule has 0 aromatic heterocycles. The van der Waals surface area contributed by atoms with E-state index in [4.69, 9.17) is 0 Å². The topological polar surface area (TPSA) is 104 Å². The Kier molecular flexibility index (Phi) is 5.32. The SMILES string of the molecule is O=C(NCc1cccc([N+](=O)[O-])c1)NCC1(O)CCCCC1. The number of nitrogens with zero attached hydrogens (tertiary/aromatic N) is 1. The number of non-ortho nitro benzene ring substituents is 1. The van der Waals surface area contributed by atoms with Gasteiger partial charge in [0.05, 0.1) is 10.5 Å². The molecule has 0 saturated heterocycles. The minimum atomic E-state index is -0.804. The van der Waals surface area contributed by atoms with E-state index in [0.717, 1.165) is 19.3 Å². The molecule has 1 saturated carbocycles. The Bertz CT molecular complexity index is 541. The van der Waals surface area contributed by atoms with Crippen LogP contribution in [-0.4, -0.2) is 28.2 Å². The van der Waals surface area contributed by atoms with Crippen molar-refractivity contribution in [3.63, 3.8) is 0 Å². The zero-order valence-electron chi connectivity index (χ0n) is 12.4. The van der Waals surface area contributed by atoms with Crippen LogP contribution < -0.4 is 10.6 Å². The molecule has 1 aromatic rings. The van der Waals surface area contributed by atoms with Crippen LogP contribution in [0.5, 0.6) is 0 Å². The Hall–Kier alpha value is -2.15. The van der Waals surface area contributed by atoms with Gasteiger partial charge in [-0.2, -0.15) is 0 Å². The summed E-state index contributed by atoms with van der Waals surface area (Å²) >= 11 is 0. The number of amides is 2. The minimum absolute atomic E-state index is 0.00350. The molecule has 2 amide bonds. The molecule has 1 fully saturated rings. The summed E-state index contributed by atoms with van der Waals surface area (Å²) in [6.45, 7) is 0.430. The van der Waals surface area contributed by atoms with Crippen LogP contribution in [0.3, 0.4) is 0 Å². The molecule has 0 heterocycles. The highest BCUT2D eigenvalue weighted by Crippen LogP contribution is 2.27. The van der Waals surface area contributed by atoms with Crippen molar-refractivity contribution < 1.29 is 14.8 Å². The number of aliphatic hydroxyl groups is 1. The molecule has 0 bridgehead atoms. The van der Waals surface area contributed by atoms with Crippen molar-refractivity contribution in [1.29, 1.82) is 0 Å². The van der Waals surface area contributed by atoms with Crippen molar-refractivity contribution in [2.24, 2.45) is 0 Å². The van der Waals surface area contributed by atoms with Crippen LogP contribution in [0.2, 0.25) is 0 Å². The number of urea groups is 1. The van der Waals surface area contributed by atoms with Crippen molar-refractivity contribution in [2.45, 2.75) is 44.2 Å². The fourth-order valence-electron chi connectivity index (χ4n) is 2.66. The predicted octanol–water partition coefficient (Wildman–Crippen LogP) is 2.09. The monoisotopic (exact) mass is 307 g/mol. The van der Waals surface area contributed by atoms with E-state index in [1.54, 1.807) is 12.1 Å². The summed E-state index contributed by atoms with van der Waals surface area (Å²) in [7, 11) is 0. The normalized spacial score (nSPS) is 16.8. The summed E-state index contributed by atoms with van der Waals surface area (Å²) in [4.78, 5) is 22.0. The first-order chi connectivity index (χ1) is 10.5. The second-order valence-corrected chi connectivity index (χ2v) is 5.75. The fraction of sp³-hybridized carbons (Fsp3) is 0.533. The smallest absolute Gasteiger partial charge is 0.315 e. The average molecular weight is 307 g/mol. The Morgan fingerprint density at radius 1 is 1.27 bits per heavy atom. The highest BCUT2D eigenvalue weighted by atomic mass is 16.6. The van der Waals surface area contributed by atoms with Gasteiger partial charge in [-0.15, -0.1) is 0 Å². The third-order valence-corrected chi connectivity index (χ3v) is 3.94. The maximum atomic E-state index is 11.8. The number of nitro benzene ring substituents is 1. The van der Waals surface area contributed by atoms with Crippen molar-refractivity contribution in [3.8, 4) is 0 Å². The molecule has 0 unspecified atom stereocenters. The van der Waals surface area contributed by atoms with Crippen LogP contribution in [0, 0.1) is 10.1 Å². The van der Waals surface area contributed by atoms with E-state index in [0.29, 0.717) is 18.4 Å². The molecule has 0 radical (unpaired) electrons. The Morgan fingerprint density at radius 3 is 2.68 bits per heavy atom. The average Bonchev–Trinajstić information content (AvgIpc) is 2.52. The number of benzene rings is 1. The summed E-state index contributed by atoms with van der Waals surface area (Å²) in [5.74, 6) is 0. The quantitative estimate of drug-likeness (QED) is 0.572. The Morgan fingerprint density at radius 2 is 2.00 bits per heavy atom. The molecule has 7 nitrogen and oxygen atoms in total. The van der Waals surface area contributed by atoms with Gasteiger partial charge >= 0.3 is 6.03 Å². The van der Waals surface area contributed by atoms with Gasteiger partial charge in [0.2, 0.25) is 0 Å². The van der Waals surface area contributed by atoms with Gasteiger partial charge in [0.15, 0.2) is 0 Å². The maximum Gasteiger partial charge on any atom is 0.315 e.